The minimum atomic E-state index is -0.495. The molecule has 1 heterocycles. The molecule has 0 spiro atoms. The second kappa shape index (κ2) is 6.10. The number of carbonyl (C=O) groups is 1. The molecule has 22 heavy (non-hydrogen) atoms. The fourth-order valence-electron chi connectivity index (χ4n) is 1.83. The second-order valence-corrected chi connectivity index (χ2v) is 6.14. The van der Waals surface area contributed by atoms with E-state index >= 15 is 0 Å². The molecule has 1 aromatic carbocycles. The van der Waals surface area contributed by atoms with Gasteiger partial charge in [-0.25, -0.2) is 5.10 Å². The Morgan fingerprint density at radius 3 is 2.45 bits per heavy atom. The van der Waals surface area contributed by atoms with Crippen molar-refractivity contribution >= 4 is 34.0 Å². The van der Waals surface area contributed by atoms with Gasteiger partial charge in [-0.1, -0.05) is 18.2 Å². The molecule has 0 fully saturated rings. The van der Waals surface area contributed by atoms with E-state index < -0.39 is 5.91 Å². The van der Waals surface area contributed by atoms with Crippen LogP contribution in [0.15, 0.2) is 29.1 Å². The number of rotatable bonds is 1. The Bertz CT molecular complexity index is 779. The topological polar surface area (TPSA) is 98.9 Å². The van der Waals surface area contributed by atoms with Crippen LogP contribution in [0, 0.1) is 0 Å². The molecule has 0 atom stereocenters. The van der Waals surface area contributed by atoms with Crippen molar-refractivity contribution in [2.75, 3.05) is 0 Å². The summed E-state index contributed by atoms with van der Waals surface area (Å²) in [4.78, 5) is 23.9. The highest BCUT2D eigenvalue weighted by molar-refractivity contribution is 7.80. The summed E-state index contributed by atoms with van der Waals surface area (Å²) in [6.45, 7) is 5.83. The van der Waals surface area contributed by atoms with Crippen molar-refractivity contribution < 1.29 is 4.79 Å². The number of fused-ring (bicyclic) bond motifs is 1. The van der Waals surface area contributed by atoms with E-state index in [2.05, 4.69) is 26.4 Å². The maximum atomic E-state index is 12.2. The number of nitrogens with one attached hydrogen (secondary N) is 4. The van der Waals surface area contributed by atoms with Crippen LogP contribution < -0.4 is 21.7 Å². The fourth-order valence-corrected chi connectivity index (χ4v) is 2.19. The molecule has 0 radical (unpaired) electrons. The average molecular weight is 319 g/mol. The third kappa shape index (κ3) is 3.79. The Morgan fingerprint density at radius 1 is 1.18 bits per heavy atom. The molecule has 0 aliphatic carbocycles. The Labute approximate surface area is 132 Å². The van der Waals surface area contributed by atoms with Gasteiger partial charge in [0.1, 0.15) is 0 Å². The summed E-state index contributed by atoms with van der Waals surface area (Å²) in [6, 6.07) is 6.75. The second-order valence-electron chi connectivity index (χ2n) is 5.73. The lowest BCUT2D eigenvalue weighted by atomic mass is 10.1. The van der Waals surface area contributed by atoms with E-state index in [1.54, 1.807) is 24.3 Å². The highest BCUT2D eigenvalue weighted by Gasteiger charge is 2.15. The Hall–Kier alpha value is -2.48. The van der Waals surface area contributed by atoms with E-state index in [1.165, 1.54) is 0 Å². The lowest BCUT2D eigenvalue weighted by molar-refractivity contribution is 0.0939. The molecule has 0 aliphatic heterocycles. The van der Waals surface area contributed by atoms with Crippen LogP contribution in [0.25, 0.3) is 10.8 Å². The molecule has 0 aliphatic rings. The van der Waals surface area contributed by atoms with Crippen molar-refractivity contribution in [3.05, 3.63) is 40.3 Å². The minimum Gasteiger partial charge on any atom is -0.357 e. The van der Waals surface area contributed by atoms with Crippen molar-refractivity contribution in [1.29, 1.82) is 0 Å². The van der Waals surface area contributed by atoms with Crippen molar-refractivity contribution in [2.24, 2.45) is 0 Å². The Balaban J connectivity index is 2.16. The number of hydrogen-bond acceptors (Lipinski definition) is 4. The van der Waals surface area contributed by atoms with Gasteiger partial charge in [0.2, 0.25) is 0 Å². The predicted molar refractivity (Wildman–Crippen MR) is 88.5 cm³/mol. The first-order chi connectivity index (χ1) is 10.3. The van der Waals surface area contributed by atoms with Crippen LogP contribution in [0.3, 0.4) is 0 Å². The van der Waals surface area contributed by atoms with Crippen molar-refractivity contribution in [1.82, 2.24) is 26.4 Å². The third-order valence-electron chi connectivity index (χ3n) is 2.69. The molecular weight excluding hydrogens is 302 g/mol. The maximum absolute atomic E-state index is 12.2. The van der Waals surface area contributed by atoms with Crippen LogP contribution in [0.4, 0.5) is 0 Å². The lowest BCUT2D eigenvalue weighted by Gasteiger charge is -2.23. The summed E-state index contributed by atoms with van der Waals surface area (Å²) in [7, 11) is 0. The standard InChI is InChI=1S/C14H17N5O2S/c1-14(2,3)15-13(22)19-18-12(21)10-8-6-4-5-7-9(8)11(20)17-16-10/h4-7H,1-3H3,(H,17,20)(H,18,21)(H2,15,19,22). The summed E-state index contributed by atoms with van der Waals surface area (Å²) in [5.74, 6) is -0.495. The summed E-state index contributed by atoms with van der Waals surface area (Å²) in [5.41, 5.74) is 4.61. The highest BCUT2D eigenvalue weighted by atomic mass is 32.1. The first kappa shape index (κ1) is 15.9. The number of carbonyl (C=O) groups excluding carboxylic acids is 1. The number of H-pyrrole nitrogens is 1. The van der Waals surface area contributed by atoms with Gasteiger partial charge in [0.25, 0.3) is 11.5 Å². The Kier molecular flexibility index (Phi) is 4.41. The van der Waals surface area contributed by atoms with Crippen LogP contribution in [0.1, 0.15) is 31.3 Å². The summed E-state index contributed by atoms with van der Waals surface area (Å²) in [6.07, 6.45) is 0. The molecule has 116 valence electrons. The molecule has 1 aromatic heterocycles. The molecule has 0 saturated heterocycles. The minimum absolute atomic E-state index is 0.112. The van der Waals surface area contributed by atoms with Crippen LogP contribution >= 0.6 is 12.2 Å². The number of benzene rings is 1. The quantitative estimate of drug-likeness (QED) is 0.459. The van der Waals surface area contributed by atoms with Gasteiger partial charge in [-0.15, -0.1) is 0 Å². The first-order valence-corrected chi connectivity index (χ1v) is 7.05. The van der Waals surface area contributed by atoms with Crippen LogP contribution in [-0.4, -0.2) is 26.8 Å². The summed E-state index contributed by atoms with van der Waals surface area (Å²) in [5, 5.41) is 10.3. The van der Waals surface area contributed by atoms with Crippen molar-refractivity contribution in [3.8, 4) is 0 Å². The van der Waals surface area contributed by atoms with E-state index in [-0.39, 0.29) is 21.9 Å². The van der Waals surface area contributed by atoms with Gasteiger partial charge >= 0.3 is 0 Å². The van der Waals surface area contributed by atoms with E-state index in [1.807, 2.05) is 20.8 Å². The van der Waals surface area contributed by atoms with Crippen LogP contribution in [0.2, 0.25) is 0 Å². The fraction of sp³-hybridized carbons (Fsp3) is 0.286. The zero-order chi connectivity index (χ0) is 16.3. The zero-order valence-electron chi connectivity index (χ0n) is 12.5. The number of amides is 1. The number of hydrogen-bond donors (Lipinski definition) is 4. The number of hydrazine groups is 1. The first-order valence-electron chi connectivity index (χ1n) is 6.64. The smallest absolute Gasteiger partial charge is 0.290 e. The van der Waals surface area contributed by atoms with Crippen molar-refractivity contribution in [2.45, 2.75) is 26.3 Å². The number of aromatic nitrogens is 2. The largest absolute Gasteiger partial charge is 0.357 e. The van der Waals surface area contributed by atoms with Gasteiger partial charge in [0, 0.05) is 10.9 Å². The lowest BCUT2D eigenvalue weighted by Crippen LogP contribution is -2.52. The molecule has 0 saturated carbocycles. The third-order valence-corrected chi connectivity index (χ3v) is 2.89. The monoisotopic (exact) mass is 319 g/mol. The van der Waals surface area contributed by atoms with E-state index in [9.17, 15) is 9.59 Å². The molecule has 4 N–H and O–H groups in total. The highest BCUT2D eigenvalue weighted by Crippen LogP contribution is 2.11. The van der Waals surface area contributed by atoms with E-state index in [0.29, 0.717) is 10.8 Å². The van der Waals surface area contributed by atoms with E-state index in [4.69, 9.17) is 12.2 Å². The van der Waals surface area contributed by atoms with E-state index in [0.717, 1.165) is 0 Å². The van der Waals surface area contributed by atoms with Gasteiger partial charge in [-0.2, -0.15) is 5.10 Å². The average Bonchev–Trinajstić information content (AvgIpc) is 2.44. The normalized spacial score (nSPS) is 11.0. The molecule has 2 rings (SSSR count). The van der Waals surface area contributed by atoms with Gasteiger partial charge in [0.05, 0.1) is 5.39 Å². The van der Waals surface area contributed by atoms with Crippen LogP contribution in [-0.2, 0) is 0 Å². The summed E-state index contributed by atoms with van der Waals surface area (Å²) < 4.78 is 0. The van der Waals surface area contributed by atoms with Crippen LogP contribution in [0.5, 0.6) is 0 Å². The van der Waals surface area contributed by atoms with Gasteiger partial charge in [0.15, 0.2) is 10.8 Å². The molecular formula is C14H17N5O2S. The summed E-state index contributed by atoms with van der Waals surface area (Å²) >= 11 is 5.07. The Morgan fingerprint density at radius 2 is 1.82 bits per heavy atom. The number of aromatic amines is 1. The maximum Gasteiger partial charge on any atom is 0.290 e. The zero-order valence-corrected chi connectivity index (χ0v) is 13.3. The predicted octanol–water partition coefficient (Wildman–Crippen LogP) is 0.831. The van der Waals surface area contributed by atoms with Gasteiger partial charge < -0.3 is 5.32 Å². The molecule has 7 nitrogen and oxygen atoms in total. The van der Waals surface area contributed by atoms with Gasteiger partial charge in [-0.05, 0) is 39.1 Å². The van der Waals surface area contributed by atoms with Gasteiger partial charge in [-0.3, -0.25) is 20.4 Å². The number of nitrogens with zero attached hydrogens (tertiary/aromatic N) is 1. The molecule has 1 amide bonds. The number of thiocarbonyl (C=S) groups is 1. The molecule has 8 heteroatoms. The van der Waals surface area contributed by atoms with Crippen molar-refractivity contribution in [3.63, 3.8) is 0 Å². The SMILES string of the molecule is CC(C)(C)NC(=S)NNC(=O)c1n[nH]c(=O)c2ccccc12. The molecule has 0 bridgehead atoms. The molecule has 2 aromatic rings. The molecule has 0 unspecified atom stereocenters.